The molecule has 6 heteroatoms. The molecule has 0 saturated heterocycles. The van der Waals surface area contributed by atoms with E-state index in [0.717, 1.165) is 21.9 Å². The first-order valence-electron chi connectivity index (χ1n) is 6.07. The molecule has 0 atom stereocenters. The second kappa shape index (κ2) is 4.62. The molecule has 0 unspecified atom stereocenters. The summed E-state index contributed by atoms with van der Waals surface area (Å²) < 4.78 is 2.00. The number of hydrogen-bond acceptors (Lipinski definition) is 5. The third-order valence-corrected chi connectivity index (χ3v) is 4.42. The first kappa shape index (κ1) is 12.1. The highest BCUT2D eigenvalue weighted by Gasteiger charge is 2.12. The number of fused-ring (bicyclic) bond motifs is 1. The molecule has 5 nitrogen and oxygen atoms in total. The van der Waals surface area contributed by atoms with Crippen LogP contribution in [0.2, 0.25) is 0 Å². The van der Waals surface area contributed by atoms with Crippen molar-refractivity contribution in [2.75, 3.05) is 5.32 Å². The summed E-state index contributed by atoms with van der Waals surface area (Å²) in [5, 5.41) is 4.48. The van der Waals surface area contributed by atoms with Crippen LogP contribution in [0.3, 0.4) is 0 Å². The van der Waals surface area contributed by atoms with Crippen molar-refractivity contribution in [3.8, 4) is 0 Å². The van der Waals surface area contributed by atoms with E-state index in [1.807, 2.05) is 17.8 Å². The normalized spacial score (nSPS) is 11.1. The lowest BCUT2D eigenvalue weighted by molar-refractivity contribution is 0.811. The standard InChI is InChI=1S/C13H15N5S/c1-8-9(2)19-13-11(8)12(16-7-17-13)15-6-10-14-4-5-18(10)3/h4-5,7H,6H2,1-3H3,(H,15,16,17). The fourth-order valence-corrected chi connectivity index (χ4v) is 3.04. The molecule has 0 aliphatic rings. The number of imidazole rings is 1. The molecule has 3 heterocycles. The van der Waals surface area contributed by atoms with E-state index in [4.69, 9.17) is 0 Å². The van der Waals surface area contributed by atoms with Crippen molar-refractivity contribution in [2.45, 2.75) is 20.4 Å². The molecule has 3 rings (SSSR count). The summed E-state index contributed by atoms with van der Waals surface area (Å²) in [6.07, 6.45) is 5.34. The van der Waals surface area contributed by atoms with Crippen LogP contribution >= 0.6 is 11.3 Å². The lowest BCUT2D eigenvalue weighted by atomic mass is 10.2. The average molecular weight is 273 g/mol. The van der Waals surface area contributed by atoms with Gasteiger partial charge in [0.2, 0.25) is 0 Å². The highest BCUT2D eigenvalue weighted by atomic mass is 32.1. The van der Waals surface area contributed by atoms with Gasteiger partial charge in [0.1, 0.15) is 22.8 Å². The van der Waals surface area contributed by atoms with Crippen LogP contribution in [0, 0.1) is 13.8 Å². The van der Waals surface area contributed by atoms with E-state index >= 15 is 0 Å². The molecule has 0 amide bonds. The van der Waals surface area contributed by atoms with Gasteiger partial charge in [-0.2, -0.15) is 0 Å². The van der Waals surface area contributed by atoms with Crippen LogP contribution in [0.5, 0.6) is 0 Å². The van der Waals surface area contributed by atoms with Crippen molar-refractivity contribution >= 4 is 27.4 Å². The maximum Gasteiger partial charge on any atom is 0.138 e. The van der Waals surface area contributed by atoms with Crippen molar-refractivity contribution in [2.24, 2.45) is 7.05 Å². The molecule has 0 aliphatic carbocycles. The van der Waals surface area contributed by atoms with Crippen molar-refractivity contribution in [1.82, 2.24) is 19.5 Å². The molecular formula is C13H15N5S. The van der Waals surface area contributed by atoms with Crippen LogP contribution in [0.4, 0.5) is 5.82 Å². The summed E-state index contributed by atoms with van der Waals surface area (Å²) in [6, 6.07) is 0. The van der Waals surface area contributed by atoms with Crippen molar-refractivity contribution < 1.29 is 0 Å². The van der Waals surface area contributed by atoms with Crippen LogP contribution in [-0.2, 0) is 13.6 Å². The van der Waals surface area contributed by atoms with Crippen LogP contribution < -0.4 is 5.32 Å². The van der Waals surface area contributed by atoms with Crippen molar-refractivity contribution in [3.63, 3.8) is 0 Å². The smallest absolute Gasteiger partial charge is 0.138 e. The van der Waals surface area contributed by atoms with Gasteiger partial charge in [-0.25, -0.2) is 15.0 Å². The molecule has 0 aliphatic heterocycles. The first-order valence-corrected chi connectivity index (χ1v) is 6.89. The zero-order valence-corrected chi connectivity index (χ0v) is 12.0. The van der Waals surface area contributed by atoms with Gasteiger partial charge in [0, 0.05) is 24.3 Å². The van der Waals surface area contributed by atoms with Crippen LogP contribution in [0.25, 0.3) is 10.2 Å². The lowest BCUT2D eigenvalue weighted by Gasteiger charge is -2.07. The Labute approximate surface area is 115 Å². The molecule has 0 bridgehead atoms. The Balaban J connectivity index is 1.95. The molecule has 0 radical (unpaired) electrons. The van der Waals surface area contributed by atoms with Gasteiger partial charge in [-0.3, -0.25) is 0 Å². The highest BCUT2D eigenvalue weighted by Crippen LogP contribution is 2.32. The topological polar surface area (TPSA) is 55.6 Å². The Kier molecular flexibility index (Phi) is 2.94. The summed E-state index contributed by atoms with van der Waals surface area (Å²) in [4.78, 5) is 15.3. The van der Waals surface area contributed by atoms with E-state index in [2.05, 4.69) is 34.1 Å². The molecule has 0 spiro atoms. The second-order valence-electron chi connectivity index (χ2n) is 4.49. The number of anilines is 1. The summed E-state index contributed by atoms with van der Waals surface area (Å²) in [6.45, 7) is 4.89. The second-order valence-corrected chi connectivity index (χ2v) is 5.70. The number of nitrogens with zero attached hydrogens (tertiary/aromatic N) is 4. The van der Waals surface area contributed by atoms with Gasteiger partial charge in [0.05, 0.1) is 11.9 Å². The quantitative estimate of drug-likeness (QED) is 0.797. The summed E-state index contributed by atoms with van der Waals surface area (Å²) >= 11 is 1.71. The lowest BCUT2D eigenvalue weighted by Crippen LogP contribution is -2.07. The van der Waals surface area contributed by atoms with Gasteiger partial charge >= 0.3 is 0 Å². The van der Waals surface area contributed by atoms with E-state index in [9.17, 15) is 0 Å². The van der Waals surface area contributed by atoms with E-state index in [-0.39, 0.29) is 0 Å². The van der Waals surface area contributed by atoms with Crippen molar-refractivity contribution in [1.29, 1.82) is 0 Å². The largest absolute Gasteiger partial charge is 0.362 e. The molecular weight excluding hydrogens is 258 g/mol. The summed E-state index contributed by atoms with van der Waals surface area (Å²) in [5.41, 5.74) is 1.25. The van der Waals surface area contributed by atoms with Gasteiger partial charge in [-0.05, 0) is 19.4 Å². The zero-order valence-electron chi connectivity index (χ0n) is 11.1. The molecule has 1 N–H and O–H groups in total. The van der Waals surface area contributed by atoms with Gasteiger partial charge in [-0.1, -0.05) is 0 Å². The SMILES string of the molecule is Cc1sc2ncnc(NCc3nccn3C)c2c1C. The summed E-state index contributed by atoms with van der Waals surface area (Å²) in [5.74, 6) is 1.87. The monoisotopic (exact) mass is 273 g/mol. The Morgan fingerprint density at radius 1 is 1.26 bits per heavy atom. The Morgan fingerprint density at radius 3 is 2.84 bits per heavy atom. The predicted octanol–water partition coefficient (Wildman–Crippen LogP) is 2.65. The molecule has 3 aromatic rings. The van der Waals surface area contributed by atoms with Gasteiger partial charge < -0.3 is 9.88 Å². The number of aryl methyl sites for hydroxylation is 3. The van der Waals surface area contributed by atoms with Crippen LogP contribution in [0.1, 0.15) is 16.3 Å². The Hall–Kier alpha value is -1.95. The maximum absolute atomic E-state index is 4.36. The number of nitrogens with one attached hydrogen (secondary N) is 1. The van der Waals surface area contributed by atoms with Crippen molar-refractivity contribution in [3.05, 3.63) is 35.0 Å². The minimum Gasteiger partial charge on any atom is -0.362 e. The molecule has 98 valence electrons. The third-order valence-electron chi connectivity index (χ3n) is 3.30. The number of thiophene rings is 1. The number of aromatic nitrogens is 4. The van der Waals surface area contributed by atoms with Gasteiger partial charge in [0.25, 0.3) is 0 Å². The fourth-order valence-electron chi connectivity index (χ4n) is 2.05. The van der Waals surface area contributed by atoms with Crippen LogP contribution in [-0.4, -0.2) is 19.5 Å². The fraction of sp³-hybridized carbons (Fsp3) is 0.308. The van der Waals surface area contributed by atoms with E-state index < -0.39 is 0 Å². The Bertz CT molecular complexity index is 728. The molecule has 0 fully saturated rings. The van der Waals surface area contributed by atoms with Crippen LogP contribution in [0.15, 0.2) is 18.7 Å². The average Bonchev–Trinajstić information content (AvgIpc) is 2.92. The number of rotatable bonds is 3. The van der Waals surface area contributed by atoms with E-state index in [0.29, 0.717) is 6.54 Å². The zero-order chi connectivity index (χ0) is 13.4. The van der Waals surface area contributed by atoms with Gasteiger partial charge in [0.15, 0.2) is 0 Å². The molecule has 3 aromatic heterocycles. The third kappa shape index (κ3) is 2.08. The minimum absolute atomic E-state index is 0.657. The summed E-state index contributed by atoms with van der Waals surface area (Å²) in [7, 11) is 1.99. The molecule has 0 saturated carbocycles. The van der Waals surface area contributed by atoms with E-state index in [1.54, 1.807) is 23.9 Å². The maximum atomic E-state index is 4.36. The molecule has 19 heavy (non-hydrogen) atoms. The minimum atomic E-state index is 0.657. The van der Waals surface area contributed by atoms with E-state index in [1.165, 1.54) is 10.4 Å². The predicted molar refractivity (Wildman–Crippen MR) is 77.4 cm³/mol. The highest BCUT2D eigenvalue weighted by molar-refractivity contribution is 7.18. The Morgan fingerprint density at radius 2 is 2.11 bits per heavy atom. The number of hydrogen-bond donors (Lipinski definition) is 1. The molecule has 0 aromatic carbocycles. The van der Waals surface area contributed by atoms with Gasteiger partial charge in [-0.15, -0.1) is 11.3 Å². The first-order chi connectivity index (χ1) is 9.16.